The molecule has 0 spiro atoms. The van der Waals surface area contributed by atoms with Gasteiger partial charge in [0, 0.05) is 46.3 Å². The van der Waals surface area contributed by atoms with Gasteiger partial charge in [-0.15, -0.1) is 11.3 Å². The summed E-state index contributed by atoms with van der Waals surface area (Å²) in [6, 6.07) is 8.93. The van der Waals surface area contributed by atoms with Crippen molar-refractivity contribution in [2.24, 2.45) is 0 Å². The molecule has 3 aromatic rings. The van der Waals surface area contributed by atoms with Gasteiger partial charge in [-0.25, -0.2) is 9.97 Å². The number of carbonyl (C=O) groups excluding carboxylic acids is 1. The van der Waals surface area contributed by atoms with Gasteiger partial charge in [0.05, 0.1) is 11.9 Å². The molecular formula is C25H30BrN5OS. The van der Waals surface area contributed by atoms with Crippen molar-refractivity contribution in [2.75, 3.05) is 18.4 Å². The molecule has 174 valence electrons. The number of aromatic nitrogens is 2. The number of rotatable bonds is 7. The fraction of sp³-hybridized carbons (Fsp3) is 0.400. The fourth-order valence-corrected chi connectivity index (χ4v) is 5.91. The molecule has 6 nitrogen and oxygen atoms in total. The highest BCUT2D eigenvalue weighted by molar-refractivity contribution is 9.10. The van der Waals surface area contributed by atoms with Crippen LogP contribution in [0.3, 0.4) is 0 Å². The first kappa shape index (κ1) is 23.9. The molecule has 0 radical (unpaired) electrons. The monoisotopic (exact) mass is 527 g/mol. The third-order valence-electron chi connectivity index (χ3n) is 5.94. The minimum absolute atomic E-state index is 0.0733. The van der Waals surface area contributed by atoms with Crippen LogP contribution in [0, 0.1) is 0 Å². The van der Waals surface area contributed by atoms with E-state index in [1.807, 2.05) is 35.2 Å². The molecule has 0 saturated carbocycles. The zero-order chi connectivity index (χ0) is 23.5. The van der Waals surface area contributed by atoms with E-state index in [-0.39, 0.29) is 5.91 Å². The molecule has 1 amide bonds. The smallest absolute Gasteiger partial charge is 0.246 e. The van der Waals surface area contributed by atoms with Crippen LogP contribution in [0.15, 0.2) is 47.2 Å². The highest BCUT2D eigenvalue weighted by atomic mass is 79.9. The molecular weight excluding hydrogens is 498 g/mol. The number of thiophene rings is 1. The Morgan fingerprint density at radius 1 is 1.27 bits per heavy atom. The number of carbonyl (C=O) groups is 1. The Kier molecular flexibility index (Phi) is 7.46. The lowest BCUT2D eigenvalue weighted by molar-refractivity contribution is -0.126. The lowest BCUT2D eigenvalue weighted by atomic mass is 10.0. The van der Waals surface area contributed by atoms with Gasteiger partial charge in [-0.2, -0.15) is 0 Å². The number of hydrogen-bond acceptors (Lipinski definition) is 6. The standard InChI is InChI=1S/C25H30BrN5OS/c1-16(2)31(17(3)4)11-6-9-22(32)30-12-10-20-21(14-30)33-25-23(20)24(27-15-28-25)29-19-8-5-7-18(26)13-19/h5-9,13,15-17H,10-12,14H2,1-4H3,(H,27,28,29). The Bertz CT molecular complexity index is 1160. The van der Waals surface area contributed by atoms with Gasteiger partial charge in [0.1, 0.15) is 17.0 Å². The maximum absolute atomic E-state index is 12.9. The van der Waals surface area contributed by atoms with Crippen molar-refractivity contribution in [3.8, 4) is 0 Å². The summed E-state index contributed by atoms with van der Waals surface area (Å²) >= 11 is 5.18. The topological polar surface area (TPSA) is 61.4 Å². The minimum Gasteiger partial charge on any atom is -0.340 e. The van der Waals surface area contributed by atoms with Crippen molar-refractivity contribution in [2.45, 2.75) is 52.7 Å². The summed E-state index contributed by atoms with van der Waals surface area (Å²) in [5.41, 5.74) is 2.23. The van der Waals surface area contributed by atoms with Crippen LogP contribution in [0.25, 0.3) is 10.2 Å². The summed E-state index contributed by atoms with van der Waals surface area (Å²) in [5.74, 6) is 0.891. The quantitative estimate of drug-likeness (QED) is 0.396. The number of halogens is 1. The molecule has 0 atom stereocenters. The van der Waals surface area contributed by atoms with Crippen LogP contribution in [0.2, 0.25) is 0 Å². The Morgan fingerprint density at radius 3 is 2.79 bits per heavy atom. The van der Waals surface area contributed by atoms with Crippen molar-refractivity contribution in [3.05, 3.63) is 57.7 Å². The molecule has 1 aliphatic heterocycles. The van der Waals surface area contributed by atoms with Gasteiger partial charge in [0.2, 0.25) is 5.91 Å². The third kappa shape index (κ3) is 5.45. The molecule has 0 saturated heterocycles. The summed E-state index contributed by atoms with van der Waals surface area (Å²) in [4.78, 5) is 28.4. The van der Waals surface area contributed by atoms with Crippen molar-refractivity contribution in [1.29, 1.82) is 0 Å². The second-order valence-corrected chi connectivity index (χ2v) is 10.8. The van der Waals surface area contributed by atoms with E-state index in [1.54, 1.807) is 23.7 Å². The molecule has 2 aromatic heterocycles. The summed E-state index contributed by atoms with van der Waals surface area (Å²) in [7, 11) is 0. The normalized spacial score (nSPS) is 14.1. The molecule has 3 heterocycles. The second-order valence-electron chi connectivity index (χ2n) is 8.84. The van der Waals surface area contributed by atoms with Gasteiger partial charge in [-0.1, -0.05) is 28.1 Å². The van der Waals surface area contributed by atoms with Gasteiger partial charge >= 0.3 is 0 Å². The predicted octanol–water partition coefficient (Wildman–Crippen LogP) is 5.76. The molecule has 1 aromatic carbocycles. The number of hydrogen-bond donors (Lipinski definition) is 1. The average molecular weight is 529 g/mol. The van der Waals surface area contributed by atoms with E-state index >= 15 is 0 Å². The third-order valence-corrected chi connectivity index (χ3v) is 7.56. The van der Waals surface area contributed by atoms with Crippen molar-refractivity contribution in [3.63, 3.8) is 0 Å². The molecule has 0 fully saturated rings. The SMILES string of the molecule is CC(C)N(CC=CC(=O)N1CCc2c(sc3ncnc(Nc4cccc(Br)c4)c23)C1)C(C)C. The van der Waals surface area contributed by atoms with E-state index in [1.165, 1.54) is 10.4 Å². The summed E-state index contributed by atoms with van der Waals surface area (Å²) in [6.45, 7) is 10.8. The average Bonchev–Trinajstić information content (AvgIpc) is 3.14. The highest BCUT2D eigenvalue weighted by Gasteiger charge is 2.25. The van der Waals surface area contributed by atoms with Crippen LogP contribution < -0.4 is 5.32 Å². The van der Waals surface area contributed by atoms with Gasteiger partial charge in [-0.3, -0.25) is 9.69 Å². The first-order valence-electron chi connectivity index (χ1n) is 11.3. The van der Waals surface area contributed by atoms with Crippen LogP contribution in [0.1, 0.15) is 38.1 Å². The zero-order valence-electron chi connectivity index (χ0n) is 19.5. The van der Waals surface area contributed by atoms with Crippen LogP contribution in [0.4, 0.5) is 11.5 Å². The van der Waals surface area contributed by atoms with E-state index < -0.39 is 0 Å². The van der Waals surface area contributed by atoms with Crippen LogP contribution in [-0.4, -0.2) is 50.8 Å². The van der Waals surface area contributed by atoms with E-state index in [2.05, 4.69) is 63.8 Å². The maximum Gasteiger partial charge on any atom is 0.246 e. The molecule has 4 rings (SSSR count). The predicted molar refractivity (Wildman–Crippen MR) is 140 cm³/mol. The number of amides is 1. The summed E-state index contributed by atoms with van der Waals surface area (Å²) < 4.78 is 1.01. The Balaban J connectivity index is 1.50. The molecule has 0 unspecified atom stereocenters. The van der Waals surface area contributed by atoms with E-state index in [4.69, 9.17) is 0 Å². The molecule has 0 aliphatic carbocycles. The number of benzene rings is 1. The van der Waals surface area contributed by atoms with Gasteiger partial charge in [-0.05, 0) is 57.9 Å². The zero-order valence-corrected chi connectivity index (χ0v) is 21.9. The van der Waals surface area contributed by atoms with E-state index in [9.17, 15) is 4.79 Å². The Labute approximate surface area is 207 Å². The minimum atomic E-state index is 0.0733. The second kappa shape index (κ2) is 10.3. The largest absolute Gasteiger partial charge is 0.340 e. The summed E-state index contributed by atoms with van der Waals surface area (Å²) in [5, 5.41) is 4.52. The van der Waals surface area contributed by atoms with E-state index in [0.29, 0.717) is 25.2 Å². The Hall–Kier alpha value is -2.29. The van der Waals surface area contributed by atoms with Crippen LogP contribution in [0.5, 0.6) is 0 Å². The number of nitrogens with zero attached hydrogens (tertiary/aromatic N) is 4. The fourth-order valence-electron chi connectivity index (χ4n) is 4.31. The van der Waals surface area contributed by atoms with Crippen molar-refractivity contribution >= 4 is 54.9 Å². The lowest BCUT2D eigenvalue weighted by Crippen LogP contribution is -2.37. The molecule has 0 bridgehead atoms. The maximum atomic E-state index is 12.9. The highest BCUT2D eigenvalue weighted by Crippen LogP contribution is 2.38. The first-order valence-corrected chi connectivity index (χ1v) is 12.9. The Morgan fingerprint density at radius 2 is 2.06 bits per heavy atom. The summed E-state index contributed by atoms with van der Waals surface area (Å²) in [6.07, 6.45) is 6.13. The number of fused-ring (bicyclic) bond motifs is 3. The lowest BCUT2D eigenvalue weighted by Gasteiger charge is -2.29. The number of nitrogens with one attached hydrogen (secondary N) is 1. The molecule has 8 heteroatoms. The molecule has 1 N–H and O–H groups in total. The van der Waals surface area contributed by atoms with E-state index in [0.717, 1.165) is 39.2 Å². The van der Waals surface area contributed by atoms with Crippen molar-refractivity contribution < 1.29 is 4.79 Å². The van der Waals surface area contributed by atoms with Gasteiger partial charge in [0.25, 0.3) is 0 Å². The number of anilines is 2. The molecule has 1 aliphatic rings. The van der Waals surface area contributed by atoms with Gasteiger partial charge in [0.15, 0.2) is 0 Å². The molecule has 33 heavy (non-hydrogen) atoms. The van der Waals surface area contributed by atoms with Crippen LogP contribution in [-0.2, 0) is 17.8 Å². The van der Waals surface area contributed by atoms with Crippen LogP contribution >= 0.6 is 27.3 Å². The van der Waals surface area contributed by atoms with Gasteiger partial charge < -0.3 is 10.2 Å². The van der Waals surface area contributed by atoms with Crippen molar-refractivity contribution in [1.82, 2.24) is 19.8 Å². The first-order chi connectivity index (χ1) is 15.8.